The van der Waals surface area contributed by atoms with Gasteiger partial charge in [0.1, 0.15) is 28.8 Å². The third-order valence-electron chi connectivity index (χ3n) is 5.43. The van der Waals surface area contributed by atoms with Gasteiger partial charge in [0.2, 0.25) is 0 Å². The summed E-state index contributed by atoms with van der Waals surface area (Å²) in [5.74, 6) is -3.82. The van der Waals surface area contributed by atoms with Crippen molar-refractivity contribution in [3.05, 3.63) is 77.5 Å². The monoisotopic (exact) mass is 654 g/mol. The van der Waals surface area contributed by atoms with E-state index >= 15 is 0 Å². The Morgan fingerprint density at radius 1 is 1.07 bits per heavy atom. The Bertz CT molecular complexity index is 1870. The Hall–Kier alpha value is -1.21. The molecule has 208 valence electrons. The molecule has 0 aliphatic rings. The summed E-state index contributed by atoms with van der Waals surface area (Å²) in [6.45, 7) is -1.07. The minimum Gasteiger partial charge on any atom is -0.790 e. The number of nitrogens with zero attached hydrogens (tertiary/aromatic N) is 4. The summed E-state index contributed by atoms with van der Waals surface area (Å²) in [6, 6.07) is 1.10. The molecule has 0 aliphatic heterocycles. The Morgan fingerprint density at radius 3 is 2.34 bits per heavy atom. The van der Waals surface area contributed by atoms with E-state index in [2.05, 4.69) is 9.52 Å². The molecular weight excluding hydrogens is 640 g/mol. The van der Waals surface area contributed by atoms with Crippen LogP contribution in [0.1, 0.15) is 11.1 Å². The number of thiazole rings is 1. The molecule has 0 unspecified atom stereocenters. The van der Waals surface area contributed by atoms with Crippen LogP contribution in [0.3, 0.4) is 0 Å². The van der Waals surface area contributed by atoms with Gasteiger partial charge in [-0.3, -0.25) is 18.5 Å². The summed E-state index contributed by atoms with van der Waals surface area (Å²) < 4.78 is 86.6. The number of alkyl halides is 3. The molecule has 3 aromatic heterocycles. The van der Waals surface area contributed by atoms with E-state index in [0.717, 1.165) is 43.4 Å². The molecule has 0 radical (unpaired) electrons. The third-order valence-corrected chi connectivity index (χ3v) is 7.81. The van der Waals surface area contributed by atoms with Crippen molar-refractivity contribution in [1.29, 1.82) is 0 Å². The van der Waals surface area contributed by atoms with Crippen molar-refractivity contribution < 1.29 is 99.9 Å². The summed E-state index contributed by atoms with van der Waals surface area (Å²) in [5, 5.41) is 2.90. The van der Waals surface area contributed by atoms with E-state index < -0.39 is 54.7 Å². The first-order valence-corrected chi connectivity index (χ1v) is 13.6. The van der Waals surface area contributed by atoms with Gasteiger partial charge in [0.15, 0.2) is 4.80 Å². The van der Waals surface area contributed by atoms with Crippen molar-refractivity contribution in [1.82, 2.24) is 13.7 Å². The summed E-state index contributed by atoms with van der Waals surface area (Å²) in [4.78, 5) is 51.2. The molecule has 0 aliphatic carbocycles. The molecule has 0 fully saturated rings. The molecule has 0 spiro atoms. The van der Waals surface area contributed by atoms with Crippen molar-refractivity contribution in [3.63, 3.8) is 0 Å². The second kappa shape index (κ2) is 13.6. The van der Waals surface area contributed by atoms with Gasteiger partial charge in [-0.05, 0) is 18.2 Å². The Labute approximate surface area is 278 Å². The fourth-order valence-corrected chi connectivity index (χ4v) is 5.73. The number of phosphoric ester groups is 1. The van der Waals surface area contributed by atoms with Crippen molar-refractivity contribution in [3.8, 4) is 11.3 Å². The van der Waals surface area contributed by atoms with Gasteiger partial charge in [-0.15, -0.1) is 22.7 Å². The van der Waals surface area contributed by atoms with Gasteiger partial charge in [-0.25, -0.2) is 18.6 Å². The molecule has 3 heterocycles. The van der Waals surface area contributed by atoms with Crippen LogP contribution in [0.4, 0.5) is 22.0 Å². The number of benzene rings is 1. The number of aromatic nitrogens is 3. The van der Waals surface area contributed by atoms with E-state index in [1.807, 2.05) is 0 Å². The van der Waals surface area contributed by atoms with E-state index in [-0.39, 0.29) is 75.0 Å². The van der Waals surface area contributed by atoms with Crippen molar-refractivity contribution >= 4 is 46.8 Å². The van der Waals surface area contributed by atoms with Gasteiger partial charge < -0.3 is 18.9 Å². The molecule has 1 aromatic carbocycles. The van der Waals surface area contributed by atoms with E-state index in [4.69, 9.17) is 0 Å². The van der Waals surface area contributed by atoms with Gasteiger partial charge in [0.25, 0.3) is 5.56 Å². The van der Waals surface area contributed by atoms with Crippen LogP contribution >= 0.6 is 30.5 Å². The summed E-state index contributed by atoms with van der Waals surface area (Å²) in [7, 11) is -2.79. The largest absolute Gasteiger partial charge is 1.00 e. The molecule has 0 N–H and O–H groups in total. The number of thiophene rings is 1. The maximum absolute atomic E-state index is 14.8. The van der Waals surface area contributed by atoms with Gasteiger partial charge in [0, 0.05) is 42.2 Å². The van der Waals surface area contributed by atoms with Crippen LogP contribution in [0.15, 0.2) is 43.7 Å². The van der Waals surface area contributed by atoms with Crippen LogP contribution in [0, 0.1) is 11.6 Å². The molecule has 0 saturated carbocycles. The maximum Gasteiger partial charge on any atom is 1.00 e. The number of hydrogen-bond donors (Lipinski definition) is 0. The van der Waals surface area contributed by atoms with Gasteiger partial charge in [-0.2, -0.15) is 13.2 Å². The minimum atomic E-state index is -5.58. The topological polar surface area (TPSA) is 134 Å². The van der Waals surface area contributed by atoms with Crippen molar-refractivity contribution in [2.24, 2.45) is 19.1 Å². The number of phosphoric acid groups is 1. The first kappa shape index (κ1) is 36.0. The fourth-order valence-electron chi connectivity index (χ4n) is 3.60. The average molecular weight is 654 g/mol. The second-order valence-electron chi connectivity index (χ2n) is 7.84. The predicted octanol–water partition coefficient (Wildman–Crippen LogP) is -3.49. The van der Waals surface area contributed by atoms with Crippen molar-refractivity contribution in [2.45, 2.75) is 12.9 Å². The van der Waals surface area contributed by atoms with Crippen molar-refractivity contribution in [2.75, 3.05) is 0 Å². The van der Waals surface area contributed by atoms with Crippen LogP contribution in [0.5, 0.6) is 0 Å². The predicted molar refractivity (Wildman–Crippen MR) is 128 cm³/mol. The van der Waals surface area contributed by atoms with Gasteiger partial charge in [-0.1, -0.05) is 0 Å². The number of halogens is 5. The minimum absolute atomic E-state index is 0. The summed E-state index contributed by atoms with van der Waals surface area (Å²) >= 11 is 1.83. The SMILES string of the molecule is Cn1c(=O)c2c(C=CN=c3scc(-c4ccc(F)c(C(F)(F)F)c4F)n3COP(=O)([O-])[O-])csc2n(C)c1=O.[Na+].[Na+]. The molecule has 4 aromatic rings. The number of aryl methyl sites for hydroxylation is 1. The molecule has 10 nitrogen and oxygen atoms in total. The fraction of sp³-hybridized carbons (Fsp3) is 0.190. The average Bonchev–Trinajstić information content (AvgIpc) is 3.43. The molecular formula is C21H14F5N4Na2O6PS2. The first-order valence-electron chi connectivity index (χ1n) is 10.4. The van der Waals surface area contributed by atoms with Crippen LogP contribution in [-0.4, -0.2) is 13.7 Å². The summed E-state index contributed by atoms with van der Waals surface area (Å²) in [5.41, 5.74) is -4.02. The van der Waals surface area contributed by atoms with E-state index in [9.17, 15) is 45.9 Å². The molecule has 0 bridgehead atoms. The number of fused-ring (bicyclic) bond motifs is 1. The first-order chi connectivity index (χ1) is 18.1. The quantitative estimate of drug-likeness (QED) is 0.121. The number of hydrogen-bond acceptors (Lipinski definition) is 9. The zero-order valence-electron chi connectivity index (χ0n) is 21.6. The normalized spacial score (nSPS) is 12.7. The zero-order chi connectivity index (χ0) is 28.9. The van der Waals surface area contributed by atoms with E-state index in [1.54, 1.807) is 5.38 Å². The summed E-state index contributed by atoms with van der Waals surface area (Å²) in [6.07, 6.45) is -2.84. The van der Waals surface area contributed by atoms with Crippen LogP contribution in [-0.2, 0) is 36.1 Å². The number of rotatable bonds is 6. The van der Waals surface area contributed by atoms with Gasteiger partial charge >= 0.3 is 71.0 Å². The van der Waals surface area contributed by atoms with Crippen LogP contribution in [0.2, 0.25) is 0 Å². The Balaban J connectivity index is 0.00000294. The maximum atomic E-state index is 14.8. The molecule has 41 heavy (non-hydrogen) atoms. The van der Waals surface area contributed by atoms with Crippen LogP contribution in [0.25, 0.3) is 27.6 Å². The standard InChI is InChI=1S/C21H16F5N4O6PS2.2Na/c1-28-17(31)14-10(7-38-18(14)29(2)20(28)32)5-6-27-19-30(9-36-37(33,34)35)13(8-39-19)11-3-4-12(22)15(16(11)23)21(24,25)26;;/h3-8H,9H2,1-2H3,(H2,33,34,35);;/q;2*+1/p-2. The zero-order valence-corrected chi connectivity index (χ0v) is 28.1. The van der Waals surface area contributed by atoms with Crippen LogP contribution < -0.4 is 85.0 Å². The third kappa shape index (κ3) is 7.48. The molecule has 20 heteroatoms. The smallest absolute Gasteiger partial charge is 0.790 e. The molecule has 0 atom stereocenters. The molecule has 0 saturated heterocycles. The molecule has 4 rings (SSSR count). The van der Waals surface area contributed by atoms with E-state index in [1.165, 1.54) is 24.7 Å². The Morgan fingerprint density at radius 2 is 1.73 bits per heavy atom. The molecule has 0 amide bonds. The van der Waals surface area contributed by atoms with Gasteiger partial charge in [0.05, 0.1) is 18.9 Å². The van der Waals surface area contributed by atoms with E-state index in [0.29, 0.717) is 22.5 Å². The Kier molecular flexibility index (Phi) is 11.9. The second-order valence-corrected chi connectivity index (χ2v) is 10.7.